The third-order valence-electron chi connectivity index (χ3n) is 4.34. The van der Waals surface area contributed by atoms with Crippen molar-refractivity contribution in [3.05, 3.63) is 29.8 Å². The summed E-state index contributed by atoms with van der Waals surface area (Å²) in [4.78, 5) is 0. The fourth-order valence-electron chi connectivity index (χ4n) is 2.62. The maximum absolute atomic E-state index is 9.14. The van der Waals surface area contributed by atoms with Gasteiger partial charge in [0.1, 0.15) is 5.75 Å². The first kappa shape index (κ1) is 14.4. The maximum Gasteiger partial charge on any atom is 0.119 e. The molecular weight excluding hydrogens is 238 g/mol. The molecule has 19 heavy (non-hydrogen) atoms. The lowest BCUT2D eigenvalue weighted by atomic mass is 9.75. The van der Waals surface area contributed by atoms with Gasteiger partial charge in [-0.15, -0.1) is 0 Å². The van der Waals surface area contributed by atoms with Gasteiger partial charge in [-0.3, -0.25) is 0 Å². The maximum atomic E-state index is 9.14. The number of ether oxygens (including phenoxy) is 1. The number of nitrogens with one attached hydrogen (secondary N) is 1. The van der Waals surface area contributed by atoms with Gasteiger partial charge in [0.05, 0.1) is 7.11 Å². The molecule has 3 nitrogen and oxygen atoms in total. The van der Waals surface area contributed by atoms with Crippen LogP contribution in [0.2, 0.25) is 0 Å². The van der Waals surface area contributed by atoms with E-state index in [4.69, 9.17) is 9.84 Å². The largest absolute Gasteiger partial charge is 0.497 e. The molecule has 0 saturated heterocycles. The standard InChI is InChI=1S/C16H25NO2/c1-11(10-18)12(2)17-15-7-14(8-15)13-5-4-6-16(9-13)19-3/h4-6,9,11-12,14-15,17-18H,7-8,10H2,1-3H3. The highest BCUT2D eigenvalue weighted by molar-refractivity contribution is 5.32. The smallest absolute Gasteiger partial charge is 0.119 e. The molecule has 0 heterocycles. The Labute approximate surface area is 116 Å². The minimum absolute atomic E-state index is 0.250. The molecule has 1 aromatic rings. The fraction of sp³-hybridized carbons (Fsp3) is 0.625. The number of hydrogen-bond donors (Lipinski definition) is 2. The summed E-state index contributed by atoms with van der Waals surface area (Å²) < 4.78 is 5.27. The van der Waals surface area contributed by atoms with E-state index in [1.165, 1.54) is 18.4 Å². The summed E-state index contributed by atoms with van der Waals surface area (Å²) in [7, 11) is 1.71. The summed E-state index contributed by atoms with van der Waals surface area (Å²) in [6, 6.07) is 9.33. The summed E-state index contributed by atoms with van der Waals surface area (Å²) in [5.74, 6) is 1.90. The minimum atomic E-state index is 0.250. The average Bonchev–Trinajstić information content (AvgIpc) is 2.41. The Balaban J connectivity index is 1.82. The summed E-state index contributed by atoms with van der Waals surface area (Å²) >= 11 is 0. The fourth-order valence-corrected chi connectivity index (χ4v) is 2.62. The van der Waals surface area contributed by atoms with Crippen molar-refractivity contribution in [2.75, 3.05) is 13.7 Å². The number of aliphatic hydroxyl groups excluding tert-OH is 1. The van der Waals surface area contributed by atoms with Crippen molar-refractivity contribution in [3.63, 3.8) is 0 Å². The number of aliphatic hydroxyl groups is 1. The third kappa shape index (κ3) is 3.48. The lowest BCUT2D eigenvalue weighted by Crippen LogP contribution is -2.47. The lowest BCUT2D eigenvalue weighted by Gasteiger charge is -2.39. The summed E-state index contributed by atoms with van der Waals surface area (Å²) in [6.45, 7) is 4.48. The number of methoxy groups -OCH3 is 1. The van der Waals surface area contributed by atoms with Crippen molar-refractivity contribution in [1.82, 2.24) is 5.32 Å². The van der Waals surface area contributed by atoms with Gasteiger partial charge >= 0.3 is 0 Å². The Kier molecular flexibility index (Phi) is 4.83. The van der Waals surface area contributed by atoms with E-state index in [1.54, 1.807) is 7.11 Å². The molecule has 1 aromatic carbocycles. The molecule has 0 amide bonds. The molecule has 1 aliphatic rings. The van der Waals surface area contributed by atoms with Crippen molar-refractivity contribution in [2.45, 2.75) is 44.7 Å². The van der Waals surface area contributed by atoms with E-state index in [0.29, 0.717) is 23.9 Å². The predicted octanol–water partition coefficient (Wildman–Crippen LogP) is 2.55. The van der Waals surface area contributed by atoms with Crippen molar-refractivity contribution in [2.24, 2.45) is 5.92 Å². The van der Waals surface area contributed by atoms with Gasteiger partial charge < -0.3 is 15.2 Å². The molecule has 1 aliphatic carbocycles. The minimum Gasteiger partial charge on any atom is -0.497 e. The zero-order valence-electron chi connectivity index (χ0n) is 12.1. The van der Waals surface area contributed by atoms with Crippen LogP contribution in [0.15, 0.2) is 24.3 Å². The van der Waals surface area contributed by atoms with Crippen molar-refractivity contribution in [3.8, 4) is 5.75 Å². The van der Waals surface area contributed by atoms with Crippen LogP contribution in [0.1, 0.15) is 38.2 Å². The van der Waals surface area contributed by atoms with E-state index in [1.807, 2.05) is 6.07 Å². The Morgan fingerprint density at radius 3 is 2.74 bits per heavy atom. The number of rotatable bonds is 6. The van der Waals surface area contributed by atoms with Gasteiger partial charge in [0.15, 0.2) is 0 Å². The topological polar surface area (TPSA) is 41.5 Å². The van der Waals surface area contributed by atoms with Crippen LogP contribution in [0.25, 0.3) is 0 Å². The number of hydrogen-bond acceptors (Lipinski definition) is 3. The van der Waals surface area contributed by atoms with Crippen molar-refractivity contribution >= 4 is 0 Å². The highest BCUT2D eigenvalue weighted by Crippen LogP contribution is 2.38. The Bertz CT molecular complexity index is 401. The molecule has 3 heteroatoms. The lowest BCUT2D eigenvalue weighted by molar-refractivity contribution is 0.180. The Morgan fingerprint density at radius 1 is 1.37 bits per heavy atom. The first-order chi connectivity index (χ1) is 9.13. The second-order valence-corrected chi connectivity index (χ2v) is 5.76. The van der Waals surface area contributed by atoms with Gasteiger partial charge in [0.25, 0.3) is 0 Å². The molecule has 0 spiro atoms. The van der Waals surface area contributed by atoms with Crippen LogP contribution in [0.3, 0.4) is 0 Å². The Morgan fingerprint density at radius 2 is 2.11 bits per heavy atom. The van der Waals surface area contributed by atoms with Crippen molar-refractivity contribution < 1.29 is 9.84 Å². The summed E-state index contributed by atoms with van der Waals surface area (Å²) in [5.41, 5.74) is 1.38. The first-order valence-corrected chi connectivity index (χ1v) is 7.15. The molecule has 0 aromatic heterocycles. The van der Waals surface area contributed by atoms with E-state index in [-0.39, 0.29) is 6.61 Å². The molecule has 2 rings (SSSR count). The van der Waals surface area contributed by atoms with Crippen molar-refractivity contribution in [1.29, 1.82) is 0 Å². The van der Waals surface area contributed by atoms with E-state index in [2.05, 4.69) is 37.4 Å². The zero-order valence-corrected chi connectivity index (χ0v) is 12.1. The Hall–Kier alpha value is -1.06. The van der Waals surface area contributed by atoms with Gasteiger partial charge in [-0.25, -0.2) is 0 Å². The van der Waals surface area contributed by atoms with Crippen LogP contribution in [0.5, 0.6) is 5.75 Å². The van der Waals surface area contributed by atoms with E-state index in [0.717, 1.165) is 5.75 Å². The predicted molar refractivity (Wildman–Crippen MR) is 77.6 cm³/mol. The van der Waals surface area contributed by atoms with Crippen LogP contribution >= 0.6 is 0 Å². The van der Waals surface area contributed by atoms with Crippen LogP contribution < -0.4 is 10.1 Å². The quantitative estimate of drug-likeness (QED) is 0.829. The monoisotopic (exact) mass is 263 g/mol. The molecule has 0 radical (unpaired) electrons. The molecule has 2 atom stereocenters. The zero-order chi connectivity index (χ0) is 13.8. The summed E-state index contributed by atoms with van der Waals surface area (Å²) in [5, 5.41) is 12.7. The van der Waals surface area contributed by atoms with Crippen LogP contribution in [0.4, 0.5) is 0 Å². The van der Waals surface area contributed by atoms with Crippen LogP contribution in [-0.4, -0.2) is 30.9 Å². The van der Waals surface area contributed by atoms with Gasteiger partial charge in [0, 0.05) is 18.7 Å². The molecule has 0 aliphatic heterocycles. The van der Waals surface area contributed by atoms with Crippen LogP contribution in [0, 0.1) is 5.92 Å². The van der Waals surface area contributed by atoms with Crippen LogP contribution in [-0.2, 0) is 0 Å². The molecule has 1 saturated carbocycles. The van der Waals surface area contributed by atoms with E-state index in [9.17, 15) is 0 Å². The number of benzene rings is 1. The average molecular weight is 263 g/mol. The molecular formula is C16H25NO2. The van der Waals surface area contributed by atoms with Gasteiger partial charge in [0.2, 0.25) is 0 Å². The second kappa shape index (κ2) is 6.40. The first-order valence-electron chi connectivity index (χ1n) is 7.15. The molecule has 2 N–H and O–H groups in total. The van der Waals surface area contributed by atoms with Gasteiger partial charge in [-0.05, 0) is 49.3 Å². The van der Waals surface area contributed by atoms with E-state index < -0.39 is 0 Å². The molecule has 2 unspecified atom stereocenters. The molecule has 0 bridgehead atoms. The second-order valence-electron chi connectivity index (χ2n) is 5.76. The van der Waals surface area contributed by atoms with Gasteiger partial charge in [-0.2, -0.15) is 0 Å². The third-order valence-corrected chi connectivity index (χ3v) is 4.34. The highest BCUT2D eigenvalue weighted by atomic mass is 16.5. The highest BCUT2D eigenvalue weighted by Gasteiger charge is 2.31. The molecule has 1 fully saturated rings. The summed E-state index contributed by atoms with van der Waals surface area (Å²) in [6.07, 6.45) is 2.35. The molecule has 106 valence electrons. The van der Waals surface area contributed by atoms with Gasteiger partial charge in [-0.1, -0.05) is 19.1 Å². The SMILES string of the molecule is COc1cccc(C2CC(NC(C)C(C)CO)C2)c1. The van der Waals surface area contributed by atoms with E-state index >= 15 is 0 Å². The normalized spacial score (nSPS) is 25.5.